The first-order chi connectivity index (χ1) is 13.6. The van der Waals surface area contributed by atoms with Gasteiger partial charge in [-0.15, -0.1) is 0 Å². The van der Waals surface area contributed by atoms with Crippen LogP contribution in [-0.4, -0.2) is 29.4 Å². The van der Waals surface area contributed by atoms with E-state index in [0.717, 1.165) is 5.56 Å². The Hall–Kier alpha value is -2.10. The highest BCUT2D eigenvalue weighted by molar-refractivity contribution is 6.42. The number of carbonyl (C=O) groups is 2. The monoisotopic (exact) mass is 452 g/mol. The van der Waals surface area contributed by atoms with Gasteiger partial charge in [-0.3, -0.25) is 9.59 Å². The SMILES string of the molecule is [C-]#[N+]c1ccc(C[C@@H](C(=O)NCC(=O)c2ccc(Cl)c(Cl)c2)[C@@H](C)O)c(C)c1Cl. The fourth-order valence-corrected chi connectivity index (χ4v) is 3.33. The van der Waals surface area contributed by atoms with E-state index in [1.165, 1.54) is 25.1 Å². The van der Waals surface area contributed by atoms with Gasteiger partial charge in [0, 0.05) is 5.56 Å². The molecule has 0 radical (unpaired) electrons. The van der Waals surface area contributed by atoms with E-state index in [1.54, 1.807) is 19.1 Å². The van der Waals surface area contributed by atoms with Crippen molar-refractivity contribution in [2.45, 2.75) is 26.4 Å². The van der Waals surface area contributed by atoms with E-state index in [9.17, 15) is 14.7 Å². The second-order valence-electron chi connectivity index (χ2n) is 6.62. The zero-order valence-electron chi connectivity index (χ0n) is 15.8. The van der Waals surface area contributed by atoms with Crippen molar-refractivity contribution >= 4 is 52.2 Å². The summed E-state index contributed by atoms with van der Waals surface area (Å²) in [6, 6.07) is 7.78. The van der Waals surface area contributed by atoms with Gasteiger partial charge in [0.15, 0.2) is 5.78 Å². The summed E-state index contributed by atoms with van der Waals surface area (Å²) in [6.07, 6.45) is -0.734. The van der Waals surface area contributed by atoms with Gasteiger partial charge < -0.3 is 10.4 Å². The van der Waals surface area contributed by atoms with E-state index in [4.69, 9.17) is 41.4 Å². The second kappa shape index (κ2) is 10.1. The molecule has 0 saturated carbocycles. The minimum Gasteiger partial charge on any atom is -0.393 e. The highest BCUT2D eigenvalue weighted by Gasteiger charge is 2.26. The van der Waals surface area contributed by atoms with Gasteiger partial charge in [-0.25, -0.2) is 4.85 Å². The molecule has 0 saturated heterocycles. The van der Waals surface area contributed by atoms with Crippen molar-refractivity contribution in [3.63, 3.8) is 0 Å². The van der Waals surface area contributed by atoms with E-state index in [2.05, 4.69) is 10.2 Å². The Morgan fingerprint density at radius 3 is 2.45 bits per heavy atom. The maximum atomic E-state index is 12.6. The summed E-state index contributed by atoms with van der Waals surface area (Å²) in [5.74, 6) is -1.58. The molecule has 0 fully saturated rings. The number of nitrogens with one attached hydrogen (secondary N) is 1. The van der Waals surface area contributed by atoms with E-state index < -0.39 is 17.9 Å². The Kier molecular flexibility index (Phi) is 8.06. The van der Waals surface area contributed by atoms with Crippen LogP contribution >= 0.6 is 34.8 Å². The summed E-state index contributed by atoms with van der Waals surface area (Å²) in [6.45, 7) is 10.1. The van der Waals surface area contributed by atoms with Crippen molar-refractivity contribution in [1.29, 1.82) is 0 Å². The summed E-state index contributed by atoms with van der Waals surface area (Å²) in [5.41, 5.74) is 2.09. The van der Waals surface area contributed by atoms with E-state index in [-0.39, 0.29) is 23.8 Å². The van der Waals surface area contributed by atoms with Crippen LogP contribution in [0.2, 0.25) is 15.1 Å². The Labute approximate surface area is 184 Å². The largest absolute Gasteiger partial charge is 0.393 e. The van der Waals surface area contributed by atoms with Crippen LogP contribution in [0.1, 0.15) is 28.4 Å². The van der Waals surface area contributed by atoms with Crippen LogP contribution in [0.15, 0.2) is 30.3 Å². The molecular formula is C21H19Cl3N2O3. The third-order valence-electron chi connectivity index (χ3n) is 4.62. The summed E-state index contributed by atoms with van der Waals surface area (Å²) in [4.78, 5) is 28.3. The number of ketones is 1. The summed E-state index contributed by atoms with van der Waals surface area (Å²) >= 11 is 18.0. The highest BCUT2D eigenvalue weighted by atomic mass is 35.5. The van der Waals surface area contributed by atoms with Crippen LogP contribution in [0.5, 0.6) is 0 Å². The van der Waals surface area contributed by atoms with Crippen molar-refractivity contribution in [2.24, 2.45) is 5.92 Å². The Morgan fingerprint density at radius 1 is 1.17 bits per heavy atom. The second-order valence-corrected chi connectivity index (χ2v) is 7.81. The molecule has 1 amide bonds. The lowest BCUT2D eigenvalue weighted by Gasteiger charge is -2.21. The van der Waals surface area contributed by atoms with Gasteiger partial charge in [-0.2, -0.15) is 0 Å². The molecule has 8 heteroatoms. The van der Waals surface area contributed by atoms with Crippen molar-refractivity contribution in [2.75, 3.05) is 6.54 Å². The fraction of sp³-hybridized carbons (Fsp3) is 0.286. The molecule has 2 atom stereocenters. The summed E-state index contributed by atoms with van der Waals surface area (Å²) in [7, 11) is 0. The summed E-state index contributed by atoms with van der Waals surface area (Å²) < 4.78 is 0. The Morgan fingerprint density at radius 2 is 1.86 bits per heavy atom. The van der Waals surface area contributed by atoms with Crippen molar-refractivity contribution in [3.05, 3.63) is 73.5 Å². The quantitative estimate of drug-likeness (QED) is 0.455. The molecular weight excluding hydrogens is 435 g/mol. The Balaban J connectivity index is 2.10. The molecule has 0 aliphatic carbocycles. The Bertz CT molecular complexity index is 984. The number of rotatable bonds is 7. The van der Waals surface area contributed by atoms with E-state index >= 15 is 0 Å². The molecule has 0 spiro atoms. The van der Waals surface area contributed by atoms with Crippen LogP contribution < -0.4 is 5.32 Å². The first-order valence-electron chi connectivity index (χ1n) is 8.75. The predicted octanol–water partition coefficient (Wildman–Crippen LogP) is 5.04. The molecule has 152 valence electrons. The van der Waals surface area contributed by atoms with Gasteiger partial charge in [-0.1, -0.05) is 46.9 Å². The number of benzene rings is 2. The van der Waals surface area contributed by atoms with E-state index in [0.29, 0.717) is 26.9 Å². The normalized spacial score (nSPS) is 12.7. The lowest BCUT2D eigenvalue weighted by atomic mass is 9.91. The average Bonchev–Trinajstić information content (AvgIpc) is 2.68. The van der Waals surface area contributed by atoms with Crippen molar-refractivity contribution in [1.82, 2.24) is 5.32 Å². The van der Waals surface area contributed by atoms with Crippen LogP contribution in [0, 0.1) is 19.4 Å². The number of Topliss-reactive ketones (excluding diaryl/α,β-unsaturated/α-hetero) is 1. The molecule has 2 aromatic carbocycles. The van der Waals surface area contributed by atoms with Crippen molar-refractivity contribution < 1.29 is 14.7 Å². The lowest BCUT2D eigenvalue weighted by molar-refractivity contribution is -0.127. The fourth-order valence-electron chi connectivity index (χ4n) is 2.81. The molecule has 29 heavy (non-hydrogen) atoms. The molecule has 0 unspecified atom stereocenters. The van der Waals surface area contributed by atoms with Gasteiger partial charge in [0.25, 0.3) is 0 Å². The van der Waals surface area contributed by atoms with Crippen LogP contribution in [0.3, 0.4) is 0 Å². The maximum absolute atomic E-state index is 12.6. The minimum atomic E-state index is -0.950. The third-order valence-corrected chi connectivity index (χ3v) is 5.84. The topological polar surface area (TPSA) is 70.8 Å². The molecule has 0 bridgehead atoms. The first-order valence-corrected chi connectivity index (χ1v) is 9.88. The molecule has 5 nitrogen and oxygen atoms in total. The number of hydrogen-bond donors (Lipinski definition) is 2. The van der Waals surface area contributed by atoms with Gasteiger partial charge in [0.1, 0.15) is 0 Å². The lowest BCUT2D eigenvalue weighted by Crippen LogP contribution is -2.40. The number of hydrogen-bond acceptors (Lipinski definition) is 3. The van der Waals surface area contributed by atoms with Gasteiger partial charge in [0.2, 0.25) is 11.6 Å². The third kappa shape index (κ3) is 5.71. The zero-order valence-corrected chi connectivity index (χ0v) is 18.1. The number of carbonyl (C=O) groups excluding carboxylic acids is 2. The van der Waals surface area contributed by atoms with Gasteiger partial charge >= 0.3 is 0 Å². The molecule has 0 aliphatic heterocycles. The molecule has 0 heterocycles. The van der Waals surface area contributed by atoms with Crippen LogP contribution in [-0.2, 0) is 11.2 Å². The number of amides is 1. The van der Waals surface area contributed by atoms with E-state index in [1.807, 2.05) is 0 Å². The van der Waals surface area contributed by atoms with Crippen molar-refractivity contribution in [3.8, 4) is 0 Å². The zero-order chi connectivity index (χ0) is 21.7. The number of aliphatic hydroxyl groups is 1. The van der Waals surface area contributed by atoms with Gasteiger partial charge in [0.05, 0.1) is 40.2 Å². The van der Waals surface area contributed by atoms with Gasteiger partial charge in [-0.05, 0) is 49.6 Å². The number of aliphatic hydroxyl groups excluding tert-OH is 1. The highest BCUT2D eigenvalue weighted by Crippen LogP contribution is 2.32. The summed E-state index contributed by atoms with van der Waals surface area (Å²) in [5, 5.41) is 13.6. The maximum Gasteiger partial charge on any atom is 0.226 e. The van der Waals surface area contributed by atoms with Crippen LogP contribution in [0.4, 0.5) is 5.69 Å². The molecule has 0 aliphatic rings. The number of nitrogens with zero attached hydrogens (tertiary/aromatic N) is 1. The predicted molar refractivity (Wildman–Crippen MR) is 115 cm³/mol. The molecule has 2 rings (SSSR count). The first kappa shape index (κ1) is 23.2. The van der Waals surface area contributed by atoms with Crippen LogP contribution in [0.25, 0.3) is 4.85 Å². The minimum absolute atomic E-state index is 0.217. The average molecular weight is 454 g/mol. The molecule has 2 N–H and O–H groups in total. The number of halogens is 3. The molecule has 2 aromatic rings. The molecule has 0 aromatic heterocycles. The standard InChI is InChI=1S/C21H19Cl3N2O3/c1-11-13(5-7-18(25-3)20(11)24)8-15(12(2)27)21(29)26-10-19(28)14-4-6-16(22)17(23)9-14/h4-7,9,12,15,27H,8,10H2,1-2H3,(H,26,29)/t12-,15-/m1/s1. The smallest absolute Gasteiger partial charge is 0.226 e.